The van der Waals surface area contributed by atoms with E-state index in [-0.39, 0.29) is 88.8 Å². The van der Waals surface area contributed by atoms with Gasteiger partial charge in [0.2, 0.25) is 5.91 Å². The minimum Gasteiger partial charge on any atom is -0.382 e. The topological polar surface area (TPSA) is 76.9 Å². The van der Waals surface area contributed by atoms with E-state index in [0.29, 0.717) is 6.61 Å². The molecule has 2 aliphatic rings. The van der Waals surface area contributed by atoms with Gasteiger partial charge in [0.15, 0.2) is 0 Å². The predicted molar refractivity (Wildman–Crippen MR) is 153 cm³/mol. The summed E-state index contributed by atoms with van der Waals surface area (Å²) >= 11 is 7.14. The lowest BCUT2D eigenvalue weighted by molar-refractivity contribution is -0.137. The molecule has 3 aromatic rings. The van der Waals surface area contributed by atoms with Crippen molar-refractivity contribution in [3.8, 4) is 11.1 Å². The molecule has 1 atom stereocenters. The van der Waals surface area contributed by atoms with Gasteiger partial charge in [-0.1, -0.05) is 24.2 Å². The Morgan fingerprint density at radius 3 is 2.60 bits per heavy atom. The van der Waals surface area contributed by atoms with Crippen LogP contribution in [0.2, 0.25) is 5.02 Å². The van der Waals surface area contributed by atoms with E-state index in [1.54, 1.807) is 9.80 Å². The molecule has 14 heteroatoms. The normalized spacial score (nSPS) is 17.4. The number of methoxy groups -OCH3 is 1. The van der Waals surface area contributed by atoms with Gasteiger partial charge < -0.3 is 19.3 Å². The second-order valence-corrected chi connectivity index (χ2v) is 11.2. The van der Waals surface area contributed by atoms with Crippen LogP contribution in [0.1, 0.15) is 5.56 Å². The van der Waals surface area contributed by atoms with E-state index in [1.165, 1.54) is 23.8 Å². The second-order valence-electron chi connectivity index (χ2n) is 9.79. The number of carbonyl (C=O) groups is 1. The number of hydrogen-bond acceptors (Lipinski definition) is 7. The van der Waals surface area contributed by atoms with Crippen LogP contribution in [0.5, 0.6) is 0 Å². The van der Waals surface area contributed by atoms with E-state index in [9.17, 15) is 27.2 Å². The maximum atomic E-state index is 14.8. The zero-order valence-corrected chi connectivity index (χ0v) is 24.1. The maximum Gasteiger partial charge on any atom is 0.417 e. The molecule has 5 rings (SSSR count). The average molecular weight is 627 g/mol. The summed E-state index contributed by atoms with van der Waals surface area (Å²) in [5, 5.41) is -0.186. The van der Waals surface area contributed by atoms with Crippen LogP contribution in [-0.4, -0.2) is 78.7 Å². The van der Waals surface area contributed by atoms with Crippen molar-refractivity contribution >= 4 is 46.0 Å². The molecule has 0 saturated carbocycles. The van der Waals surface area contributed by atoms with E-state index < -0.39 is 29.4 Å². The Bertz CT molecular complexity index is 1590. The summed E-state index contributed by atoms with van der Waals surface area (Å²) in [5.41, 5.74) is -1.47. The Hall–Kier alpha value is -3.13. The molecule has 0 bridgehead atoms. The molecule has 224 valence electrons. The summed E-state index contributed by atoms with van der Waals surface area (Å²) in [6, 6.07) is 4.41. The van der Waals surface area contributed by atoms with Crippen molar-refractivity contribution < 1.29 is 31.8 Å². The molecule has 0 spiro atoms. The molecule has 1 saturated heterocycles. The first-order chi connectivity index (χ1) is 20.0. The van der Waals surface area contributed by atoms with Crippen LogP contribution >= 0.6 is 23.4 Å². The number of alkyl halides is 3. The molecular weight excluding hydrogens is 600 g/mol. The number of thioether (sulfide) groups is 1. The van der Waals surface area contributed by atoms with Gasteiger partial charge in [0.1, 0.15) is 11.6 Å². The minimum atomic E-state index is -4.81. The van der Waals surface area contributed by atoms with E-state index >= 15 is 0 Å². The molecule has 0 unspecified atom stereocenters. The molecule has 3 heterocycles. The van der Waals surface area contributed by atoms with Gasteiger partial charge in [0, 0.05) is 54.9 Å². The highest BCUT2D eigenvalue weighted by molar-refractivity contribution is 7.99. The first-order valence-corrected chi connectivity index (χ1v) is 14.4. The van der Waals surface area contributed by atoms with Gasteiger partial charge in [0.25, 0.3) is 0 Å². The van der Waals surface area contributed by atoms with Crippen LogP contribution in [0.4, 0.5) is 23.4 Å². The van der Waals surface area contributed by atoms with Crippen LogP contribution in [0.25, 0.3) is 22.0 Å². The van der Waals surface area contributed by atoms with Crippen LogP contribution in [0.3, 0.4) is 0 Å². The number of rotatable bonds is 7. The van der Waals surface area contributed by atoms with Crippen molar-refractivity contribution in [3.05, 3.63) is 63.8 Å². The van der Waals surface area contributed by atoms with Crippen LogP contribution in [0.15, 0.2) is 46.6 Å². The number of piperazine rings is 1. The predicted octanol–water partition coefficient (Wildman–Crippen LogP) is 4.85. The minimum absolute atomic E-state index is 0.0585. The Morgan fingerprint density at radius 2 is 1.95 bits per heavy atom. The second kappa shape index (κ2) is 12.2. The molecule has 0 N–H and O–H groups in total. The van der Waals surface area contributed by atoms with Crippen molar-refractivity contribution in [1.29, 1.82) is 0 Å². The Labute approximate surface area is 247 Å². The zero-order valence-electron chi connectivity index (χ0n) is 22.5. The van der Waals surface area contributed by atoms with Gasteiger partial charge >= 0.3 is 11.9 Å². The summed E-state index contributed by atoms with van der Waals surface area (Å²) in [4.78, 5) is 33.4. The van der Waals surface area contributed by atoms with Crippen molar-refractivity contribution in [2.75, 3.05) is 57.2 Å². The number of aromatic nitrogens is 2. The quantitative estimate of drug-likeness (QED) is 0.211. The number of benzene rings is 2. The molecule has 1 fully saturated rings. The van der Waals surface area contributed by atoms with Gasteiger partial charge in [-0.25, -0.2) is 9.18 Å². The molecular formula is C28H27ClF4N4O4S. The SMILES string of the molecule is C=CC(=O)N1CCN(c2nc(=O)n3c4c(c(-c5ccc(F)c(Cl)c5)c(C(F)(F)F)cc24)SC[C@@H](OCCOC)C3)CC1. The highest BCUT2D eigenvalue weighted by atomic mass is 35.5. The molecule has 2 aromatic carbocycles. The fraction of sp³-hybridized carbons (Fsp3) is 0.393. The van der Waals surface area contributed by atoms with Crippen molar-refractivity contribution in [1.82, 2.24) is 14.5 Å². The van der Waals surface area contributed by atoms with Gasteiger partial charge in [-0.05, 0) is 29.8 Å². The summed E-state index contributed by atoms with van der Waals surface area (Å²) in [5.74, 6) is -0.682. The first kappa shape index (κ1) is 30.3. The first-order valence-electron chi connectivity index (χ1n) is 13.1. The van der Waals surface area contributed by atoms with Gasteiger partial charge in [0.05, 0.1) is 42.0 Å². The van der Waals surface area contributed by atoms with E-state index in [2.05, 4.69) is 11.6 Å². The molecule has 2 aliphatic heterocycles. The fourth-order valence-electron chi connectivity index (χ4n) is 5.21. The van der Waals surface area contributed by atoms with Gasteiger partial charge in [-0.2, -0.15) is 18.2 Å². The lowest BCUT2D eigenvalue weighted by Gasteiger charge is -2.35. The average Bonchev–Trinajstić information content (AvgIpc) is 3.16. The standard InChI is InChI=1S/C28H27ClF4N4O4S/c1-3-22(38)35-6-8-36(9-7-35)26-18-13-19(28(31,32)33)23(16-4-5-21(30)20(29)12-16)25-24(18)37(27(39)34-26)14-17(15-42-25)41-11-10-40-2/h3-5,12-13,17H,1,6-11,14-15H2,2H3/t17-/m0/s1. The van der Waals surface area contributed by atoms with Gasteiger partial charge in [-0.15, -0.1) is 11.8 Å². The van der Waals surface area contributed by atoms with E-state index in [0.717, 1.165) is 30.0 Å². The lowest BCUT2D eigenvalue weighted by Crippen LogP contribution is -2.49. The molecule has 1 aromatic heterocycles. The number of halogens is 5. The fourth-order valence-corrected chi connectivity index (χ4v) is 6.67. The largest absolute Gasteiger partial charge is 0.417 e. The molecule has 42 heavy (non-hydrogen) atoms. The molecule has 0 radical (unpaired) electrons. The van der Waals surface area contributed by atoms with Crippen LogP contribution in [-0.2, 0) is 27.0 Å². The number of carbonyl (C=O) groups excluding carboxylic acids is 1. The van der Waals surface area contributed by atoms with E-state index in [1.807, 2.05) is 0 Å². The third-order valence-corrected chi connectivity index (χ3v) is 8.73. The van der Waals surface area contributed by atoms with Crippen molar-refractivity contribution in [2.45, 2.75) is 23.7 Å². The van der Waals surface area contributed by atoms with Crippen molar-refractivity contribution in [2.24, 2.45) is 0 Å². The highest BCUT2D eigenvalue weighted by Gasteiger charge is 2.39. The number of hydrogen-bond donors (Lipinski definition) is 0. The molecule has 1 amide bonds. The monoisotopic (exact) mass is 626 g/mol. The Morgan fingerprint density at radius 1 is 1.21 bits per heavy atom. The molecule has 0 aliphatic carbocycles. The Balaban J connectivity index is 1.75. The Kier molecular flexibility index (Phi) is 8.83. The third-order valence-electron chi connectivity index (χ3n) is 7.22. The smallest absolute Gasteiger partial charge is 0.382 e. The number of amides is 1. The number of ether oxygens (including phenoxy) is 2. The third kappa shape index (κ3) is 5.87. The van der Waals surface area contributed by atoms with Crippen molar-refractivity contribution in [3.63, 3.8) is 0 Å². The lowest BCUT2D eigenvalue weighted by atomic mass is 9.96. The van der Waals surface area contributed by atoms with Gasteiger partial charge in [-0.3, -0.25) is 9.36 Å². The number of anilines is 1. The summed E-state index contributed by atoms with van der Waals surface area (Å²) < 4.78 is 70.7. The van der Waals surface area contributed by atoms with Crippen LogP contribution < -0.4 is 10.6 Å². The van der Waals surface area contributed by atoms with Crippen LogP contribution in [0, 0.1) is 5.82 Å². The highest BCUT2D eigenvalue weighted by Crippen LogP contribution is 2.48. The summed E-state index contributed by atoms with van der Waals surface area (Å²) in [6.07, 6.45) is -4.14. The maximum absolute atomic E-state index is 14.8. The van der Waals surface area contributed by atoms with E-state index in [4.69, 9.17) is 21.1 Å². The zero-order chi connectivity index (χ0) is 30.2. The summed E-state index contributed by atoms with van der Waals surface area (Å²) in [7, 11) is 1.52. The summed E-state index contributed by atoms with van der Waals surface area (Å²) in [6.45, 7) is 5.16. The molecule has 8 nitrogen and oxygen atoms in total. The number of nitrogens with zero attached hydrogens (tertiary/aromatic N) is 4.